The second-order valence-corrected chi connectivity index (χ2v) is 3.35. The molecule has 0 saturated carbocycles. The number of nitrogens with zero attached hydrogens (tertiary/aromatic N) is 2. The fourth-order valence-corrected chi connectivity index (χ4v) is 1.55. The number of carboxylic acid groups (broad SMARTS) is 1. The zero-order chi connectivity index (χ0) is 12.5. The first-order valence-corrected chi connectivity index (χ1v) is 4.50. The van der Waals surface area contributed by atoms with E-state index < -0.39 is 38.9 Å². The lowest BCUT2D eigenvalue weighted by atomic mass is 10.2. The van der Waals surface area contributed by atoms with Crippen LogP contribution in [0.1, 0.15) is 22.5 Å². The Morgan fingerprint density at radius 1 is 1.62 bits per heavy atom. The van der Waals surface area contributed by atoms with Crippen molar-refractivity contribution in [3.8, 4) is 0 Å². The Balaban J connectivity index is 3.52. The van der Waals surface area contributed by atoms with E-state index in [1.165, 1.54) is 0 Å². The summed E-state index contributed by atoms with van der Waals surface area (Å²) in [7, 11) is 0. The largest absolute Gasteiger partial charge is 0.477 e. The maximum Gasteiger partial charge on any atom is 0.345 e. The molecular weight excluding hydrogens is 294 g/mol. The van der Waals surface area contributed by atoms with Crippen LogP contribution in [0.15, 0.2) is 10.7 Å². The molecule has 0 radical (unpaired) electrons. The topological polar surface area (TPSA) is 93.3 Å². The predicted molar refractivity (Wildman–Crippen MR) is 50.5 cm³/mol. The van der Waals surface area contributed by atoms with E-state index in [-0.39, 0.29) is 0 Å². The predicted octanol–water partition coefficient (Wildman–Crippen LogP) is 2.39. The van der Waals surface area contributed by atoms with Crippen molar-refractivity contribution >= 4 is 27.6 Å². The fourth-order valence-electron chi connectivity index (χ4n) is 0.973. The second kappa shape index (κ2) is 4.47. The molecule has 0 amide bonds. The summed E-state index contributed by atoms with van der Waals surface area (Å²) in [4.78, 5) is 23.3. The SMILES string of the molecule is O=C(O)c1c([N+](=O)[O-])cc(C(F)F)nc1Br. The summed E-state index contributed by atoms with van der Waals surface area (Å²) in [5, 5.41) is 19.2. The molecule has 9 heteroatoms. The zero-order valence-corrected chi connectivity index (χ0v) is 8.94. The number of pyridine rings is 1. The molecule has 0 bridgehead atoms. The molecule has 0 fully saturated rings. The Labute approximate surface area is 95.2 Å². The summed E-state index contributed by atoms with van der Waals surface area (Å²) >= 11 is 2.61. The van der Waals surface area contributed by atoms with Gasteiger partial charge in [0.25, 0.3) is 12.1 Å². The second-order valence-electron chi connectivity index (χ2n) is 2.60. The van der Waals surface area contributed by atoms with E-state index in [0.717, 1.165) is 0 Å². The molecule has 0 atom stereocenters. The zero-order valence-electron chi connectivity index (χ0n) is 7.35. The van der Waals surface area contributed by atoms with Crippen LogP contribution in [0.2, 0.25) is 0 Å². The van der Waals surface area contributed by atoms with Gasteiger partial charge in [0.1, 0.15) is 10.3 Å². The minimum atomic E-state index is -3.02. The number of carboxylic acids is 1. The first-order chi connectivity index (χ1) is 7.34. The van der Waals surface area contributed by atoms with Crippen LogP contribution in [0, 0.1) is 10.1 Å². The smallest absolute Gasteiger partial charge is 0.345 e. The van der Waals surface area contributed by atoms with Crippen molar-refractivity contribution in [2.75, 3.05) is 0 Å². The van der Waals surface area contributed by atoms with Gasteiger partial charge < -0.3 is 5.11 Å². The highest BCUT2D eigenvalue weighted by molar-refractivity contribution is 9.10. The fraction of sp³-hybridized carbons (Fsp3) is 0.143. The van der Waals surface area contributed by atoms with Gasteiger partial charge in [-0.1, -0.05) is 0 Å². The molecule has 16 heavy (non-hydrogen) atoms. The number of hydrogen-bond acceptors (Lipinski definition) is 4. The van der Waals surface area contributed by atoms with Crippen molar-refractivity contribution in [3.63, 3.8) is 0 Å². The Kier molecular flexibility index (Phi) is 3.48. The van der Waals surface area contributed by atoms with Crippen LogP contribution >= 0.6 is 15.9 Å². The number of hydrogen-bond donors (Lipinski definition) is 1. The molecule has 0 spiro atoms. The third-order valence-corrected chi connectivity index (χ3v) is 2.18. The van der Waals surface area contributed by atoms with E-state index in [1.54, 1.807) is 0 Å². The molecule has 6 nitrogen and oxygen atoms in total. The molecule has 0 aliphatic heterocycles. The Bertz CT molecular complexity index is 466. The molecule has 86 valence electrons. The van der Waals surface area contributed by atoms with Crippen molar-refractivity contribution in [2.24, 2.45) is 0 Å². The van der Waals surface area contributed by atoms with Crippen LogP contribution in [-0.4, -0.2) is 21.0 Å². The van der Waals surface area contributed by atoms with E-state index in [4.69, 9.17) is 5.11 Å². The van der Waals surface area contributed by atoms with Crippen LogP contribution < -0.4 is 0 Å². The molecule has 1 N–H and O–H groups in total. The average Bonchev–Trinajstić information content (AvgIpc) is 2.15. The number of aromatic carboxylic acids is 1. The van der Waals surface area contributed by atoms with E-state index in [9.17, 15) is 23.7 Å². The Morgan fingerprint density at radius 2 is 2.19 bits per heavy atom. The summed E-state index contributed by atoms with van der Waals surface area (Å²) in [6, 6.07) is 0.443. The van der Waals surface area contributed by atoms with E-state index in [1.807, 2.05) is 0 Å². The third-order valence-electron chi connectivity index (χ3n) is 1.61. The number of nitro groups is 1. The molecule has 1 aromatic rings. The van der Waals surface area contributed by atoms with Crippen molar-refractivity contribution < 1.29 is 23.6 Å². The van der Waals surface area contributed by atoms with Gasteiger partial charge in [-0.25, -0.2) is 18.6 Å². The van der Waals surface area contributed by atoms with Crippen molar-refractivity contribution in [1.29, 1.82) is 0 Å². The highest BCUT2D eigenvalue weighted by Crippen LogP contribution is 2.29. The summed E-state index contributed by atoms with van der Waals surface area (Å²) in [6.07, 6.45) is -3.02. The van der Waals surface area contributed by atoms with Gasteiger partial charge in [-0.2, -0.15) is 0 Å². The molecule has 0 saturated heterocycles. The van der Waals surface area contributed by atoms with Gasteiger partial charge in [0.15, 0.2) is 5.56 Å². The lowest BCUT2D eigenvalue weighted by Gasteiger charge is -2.03. The monoisotopic (exact) mass is 296 g/mol. The number of alkyl halides is 2. The standard InChI is InChI=1S/C7H3BrF2N2O4/c8-5-4(7(13)14)3(12(15)16)1-2(11-5)6(9)10/h1,6H,(H,13,14). The quantitative estimate of drug-likeness (QED) is 0.525. The molecule has 1 heterocycles. The van der Waals surface area contributed by atoms with E-state index in [2.05, 4.69) is 20.9 Å². The van der Waals surface area contributed by atoms with Gasteiger partial charge in [-0.3, -0.25) is 10.1 Å². The van der Waals surface area contributed by atoms with Crippen LogP contribution in [0.5, 0.6) is 0 Å². The van der Waals surface area contributed by atoms with Gasteiger partial charge in [0.2, 0.25) is 0 Å². The Hall–Kier alpha value is -1.64. The minimum Gasteiger partial charge on any atom is -0.477 e. The number of aromatic nitrogens is 1. The van der Waals surface area contributed by atoms with Crippen LogP contribution in [0.25, 0.3) is 0 Å². The summed E-state index contributed by atoms with van der Waals surface area (Å²) in [5.74, 6) is -1.62. The lowest BCUT2D eigenvalue weighted by molar-refractivity contribution is -0.385. The summed E-state index contributed by atoms with van der Waals surface area (Å²) in [5.41, 5.74) is -2.54. The van der Waals surface area contributed by atoms with E-state index in [0.29, 0.717) is 6.07 Å². The maximum atomic E-state index is 12.3. The molecule has 0 unspecified atom stereocenters. The van der Waals surface area contributed by atoms with E-state index >= 15 is 0 Å². The Morgan fingerprint density at radius 3 is 2.56 bits per heavy atom. The van der Waals surface area contributed by atoms with Gasteiger partial charge in [0, 0.05) is 6.07 Å². The van der Waals surface area contributed by atoms with Crippen molar-refractivity contribution in [3.05, 3.63) is 32.0 Å². The molecule has 0 aromatic carbocycles. The molecule has 0 aliphatic rings. The van der Waals surface area contributed by atoms with Crippen molar-refractivity contribution in [1.82, 2.24) is 4.98 Å². The summed E-state index contributed by atoms with van der Waals surface area (Å²) < 4.78 is 24.0. The highest BCUT2D eigenvalue weighted by Gasteiger charge is 2.27. The highest BCUT2D eigenvalue weighted by atomic mass is 79.9. The van der Waals surface area contributed by atoms with Crippen LogP contribution in [0.4, 0.5) is 14.5 Å². The first-order valence-electron chi connectivity index (χ1n) is 3.71. The third kappa shape index (κ3) is 2.30. The molecule has 1 rings (SSSR count). The maximum absolute atomic E-state index is 12.3. The van der Waals surface area contributed by atoms with Gasteiger partial charge in [-0.05, 0) is 15.9 Å². The van der Waals surface area contributed by atoms with Gasteiger partial charge >= 0.3 is 5.97 Å². The number of rotatable bonds is 3. The molecular formula is C7H3BrF2N2O4. The van der Waals surface area contributed by atoms with Crippen LogP contribution in [0.3, 0.4) is 0 Å². The average molecular weight is 297 g/mol. The van der Waals surface area contributed by atoms with Gasteiger partial charge in [0.05, 0.1) is 4.92 Å². The van der Waals surface area contributed by atoms with Crippen molar-refractivity contribution in [2.45, 2.75) is 6.43 Å². The van der Waals surface area contributed by atoms with Gasteiger partial charge in [-0.15, -0.1) is 0 Å². The molecule has 1 aromatic heterocycles. The van der Waals surface area contributed by atoms with Crippen LogP contribution in [-0.2, 0) is 0 Å². The first kappa shape index (κ1) is 12.4. The minimum absolute atomic E-state index is 0.443. The normalized spacial score (nSPS) is 10.5. The number of halogens is 3. The lowest BCUT2D eigenvalue weighted by Crippen LogP contribution is -2.07. The number of carbonyl (C=O) groups is 1. The summed E-state index contributed by atoms with van der Waals surface area (Å²) in [6.45, 7) is 0. The molecule has 0 aliphatic carbocycles.